The Labute approximate surface area is 114 Å². The monoisotopic (exact) mass is 271 g/mol. The number of rotatable bonds is 8. The smallest absolute Gasteiger partial charge is 0.162 e. The van der Waals surface area contributed by atoms with Crippen LogP contribution in [0.1, 0.15) is 32.3 Å². The summed E-state index contributed by atoms with van der Waals surface area (Å²) in [7, 11) is 1.62. The fraction of sp³-hybridized carbons (Fsp3) is 0.571. The van der Waals surface area contributed by atoms with Crippen molar-refractivity contribution in [2.24, 2.45) is 0 Å². The van der Waals surface area contributed by atoms with Gasteiger partial charge in [0.2, 0.25) is 0 Å². The van der Waals surface area contributed by atoms with Crippen LogP contribution in [0.4, 0.5) is 0 Å². The van der Waals surface area contributed by atoms with Gasteiger partial charge in [-0.3, -0.25) is 0 Å². The maximum absolute atomic E-state index is 6.22. The van der Waals surface area contributed by atoms with Crippen LogP contribution in [0.15, 0.2) is 12.1 Å². The van der Waals surface area contributed by atoms with Gasteiger partial charge in [-0.2, -0.15) is 0 Å². The predicted octanol–water partition coefficient (Wildman–Crippen LogP) is 3.64. The number of hydrogen-bond acceptors (Lipinski definition) is 3. The van der Waals surface area contributed by atoms with Gasteiger partial charge >= 0.3 is 0 Å². The molecule has 0 aromatic heterocycles. The molecule has 0 bridgehead atoms. The number of unbranched alkanes of at least 4 members (excludes halogenated alkanes) is 1. The highest BCUT2D eigenvalue weighted by molar-refractivity contribution is 6.31. The maximum atomic E-state index is 6.22. The highest BCUT2D eigenvalue weighted by Gasteiger charge is 2.09. The van der Waals surface area contributed by atoms with Gasteiger partial charge in [0.05, 0.1) is 13.7 Å². The minimum atomic E-state index is 0.612. The second-order valence-electron chi connectivity index (χ2n) is 4.06. The summed E-state index contributed by atoms with van der Waals surface area (Å²) in [6.07, 6.45) is 2.36. The third-order valence-electron chi connectivity index (χ3n) is 2.66. The highest BCUT2D eigenvalue weighted by atomic mass is 35.5. The van der Waals surface area contributed by atoms with Crippen LogP contribution >= 0.6 is 11.6 Å². The van der Waals surface area contributed by atoms with Gasteiger partial charge in [-0.15, -0.1) is 0 Å². The minimum absolute atomic E-state index is 0.612. The molecular formula is C14H22ClNO2. The topological polar surface area (TPSA) is 30.5 Å². The Bertz CT molecular complexity index is 369. The van der Waals surface area contributed by atoms with E-state index >= 15 is 0 Å². The van der Waals surface area contributed by atoms with Gasteiger partial charge in [0, 0.05) is 17.6 Å². The van der Waals surface area contributed by atoms with Crippen LogP contribution in [0.25, 0.3) is 0 Å². The number of nitrogens with one attached hydrogen (secondary N) is 1. The quantitative estimate of drug-likeness (QED) is 0.733. The lowest BCUT2D eigenvalue weighted by Crippen LogP contribution is -2.14. The fourth-order valence-electron chi connectivity index (χ4n) is 1.67. The first-order chi connectivity index (χ1) is 8.72. The molecule has 1 rings (SSSR count). The van der Waals surface area contributed by atoms with Crippen LogP contribution in [0, 0.1) is 0 Å². The second kappa shape index (κ2) is 8.22. The van der Waals surface area contributed by atoms with Crippen LogP contribution < -0.4 is 14.8 Å². The van der Waals surface area contributed by atoms with E-state index in [0.29, 0.717) is 17.4 Å². The SMILES string of the molecule is CCCCNCc1cc(OCC)c(OC)cc1Cl. The third-order valence-corrected chi connectivity index (χ3v) is 3.01. The van der Waals surface area contributed by atoms with E-state index in [4.69, 9.17) is 21.1 Å². The Morgan fingerprint density at radius 2 is 2.00 bits per heavy atom. The Morgan fingerprint density at radius 3 is 2.61 bits per heavy atom. The van der Waals surface area contributed by atoms with E-state index in [1.165, 1.54) is 12.8 Å². The number of methoxy groups -OCH3 is 1. The molecule has 0 aliphatic rings. The lowest BCUT2D eigenvalue weighted by Gasteiger charge is -2.13. The van der Waals surface area contributed by atoms with Crippen LogP contribution in [0.3, 0.4) is 0 Å². The summed E-state index contributed by atoms with van der Waals surface area (Å²) < 4.78 is 10.8. The molecule has 0 unspecified atom stereocenters. The van der Waals surface area contributed by atoms with Crippen molar-refractivity contribution in [2.75, 3.05) is 20.3 Å². The molecule has 3 nitrogen and oxygen atoms in total. The summed E-state index contributed by atoms with van der Waals surface area (Å²) >= 11 is 6.22. The highest BCUT2D eigenvalue weighted by Crippen LogP contribution is 2.33. The molecule has 18 heavy (non-hydrogen) atoms. The molecule has 0 heterocycles. The van der Waals surface area contributed by atoms with Crippen molar-refractivity contribution in [1.29, 1.82) is 0 Å². The molecule has 0 saturated carbocycles. The third kappa shape index (κ3) is 4.39. The Balaban J connectivity index is 2.74. The normalized spacial score (nSPS) is 10.4. The first-order valence-corrected chi connectivity index (χ1v) is 6.80. The summed E-state index contributed by atoms with van der Waals surface area (Å²) in [5.74, 6) is 1.43. The van der Waals surface area contributed by atoms with Gasteiger partial charge in [-0.1, -0.05) is 24.9 Å². The van der Waals surface area contributed by atoms with Crippen molar-refractivity contribution < 1.29 is 9.47 Å². The largest absolute Gasteiger partial charge is 0.493 e. The van der Waals surface area contributed by atoms with Gasteiger partial charge in [0.25, 0.3) is 0 Å². The molecule has 0 amide bonds. The van der Waals surface area contributed by atoms with E-state index in [1.807, 2.05) is 19.1 Å². The molecule has 0 atom stereocenters. The molecule has 4 heteroatoms. The Hall–Kier alpha value is -0.930. The molecule has 102 valence electrons. The average molecular weight is 272 g/mol. The van der Waals surface area contributed by atoms with Crippen molar-refractivity contribution in [1.82, 2.24) is 5.32 Å². The lowest BCUT2D eigenvalue weighted by molar-refractivity contribution is 0.310. The summed E-state index contributed by atoms with van der Waals surface area (Å²) in [6.45, 7) is 6.49. The lowest BCUT2D eigenvalue weighted by atomic mass is 10.2. The molecule has 1 aromatic carbocycles. The fourth-order valence-corrected chi connectivity index (χ4v) is 1.89. The van der Waals surface area contributed by atoms with E-state index in [0.717, 1.165) is 24.4 Å². The maximum Gasteiger partial charge on any atom is 0.162 e. The number of halogens is 1. The molecule has 0 fully saturated rings. The molecule has 0 aliphatic carbocycles. The van der Waals surface area contributed by atoms with Crippen LogP contribution in [0.5, 0.6) is 11.5 Å². The van der Waals surface area contributed by atoms with E-state index in [1.54, 1.807) is 7.11 Å². The standard InChI is InChI=1S/C14H22ClNO2/c1-4-6-7-16-10-11-8-14(18-5-2)13(17-3)9-12(11)15/h8-9,16H,4-7,10H2,1-3H3. The van der Waals surface area contributed by atoms with E-state index < -0.39 is 0 Å². The average Bonchev–Trinajstić information content (AvgIpc) is 2.37. The van der Waals surface area contributed by atoms with Crippen molar-refractivity contribution in [2.45, 2.75) is 33.2 Å². The predicted molar refractivity (Wildman–Crippen MR) is 75.8 cm³/mol. The van der Waals surface area contributed by atoms with E-state index in [9.17, 15) is 0 Å². The number of hydrogen-bond donors (Lipinski definition) is 1. The number of ether oxygens (including phenoxy) is 2. The Morgan fingerprint density at radius 1 is 1.22 bits per heavy atom. The Kier molecular flexibility index (Phi) is 6.91. The van der Waals surface area contributed by atoms with Crippen molar-refractivity contribution >= 4 is 11.6 Å². The van der Waals surface area contributed by atoms with Crippen molar-refractivity contribution in [3.05, 3.63) is 22.7 Å². The summed E-state index contributed by atoms with van der Waals surface area (Å²) in [4.78, 5) is 0. The summed E-state index contributed by atoms with van der Waals surface area (Å²) in [5.41, 5.74) is 1.04. The van der Waals surface area contributed by atoms with Gasteiger partial charge < -0.3 is 14.8 Å². The number of benzene rings is 1. The molecule has 1 N–H and O–H groups in total. The van der Waals surface area contributed by atoms with Crippen LogP contribution in [0.2, 0.25) is 5.02 Å². The molecule has 0 saturated heterocycles. The van der Waals surface area contributed by atoms with Gasteiger partial charge in [-0.05, 0) is 31.5 Å². The minimum Gasteiger partial charge on any atom is -0.493 e. The van der Waals surface area contributed by atoms with Crippen molar-refractivity contribution in [3.63, 3.8) is 0 Å². The zero-order chi connectivity index (χ0) is 13.4. The molecule has 0 spiro atoms. The zero-order valence-electron chi connectivity index (χ0n) is 11.4. The van der Waals surface area contributed by atoms with Crippen LogP contribution in [-0.2, 0) is 6.54 Å². The van der Waals surface area contributed by atoms with Crippen molar-refractivity contribution in [3.8, 4) is 11.5 Å². The van der Waals surface area contributed by atoms with Crippen LogP contribution in [-0.4, -0.2) is 20.3 Å². The van der Waals surface area contributed by atoms with E-state index in [2.05, 4.69) is 12.2 Å². The van der Waals surface area contributed by atoms with Gasteiger partial charge in [-0.25, -0.2) is 0 Å². The van der Waals surface area contributed by atoms with Gasteiger partial charge in [0.15, 0.2) is 11.5 Å². The summed E-state index contributed by atoms with van der Waals surface area (Å²) in [5, 5.41) is 4.08. The second-order valence-corrected chi connectivity index (χ2v) is 4.47. The van der Waals surface area contributed by atoms with E-state index in [-0.39, 0.29) is 0 Å². The molecule has 0 aliphatic heterocycles. The summed E-state index contributed by atoms with van der Waals surface area (Å²) in [6, 6.07) is 3.76. The molecule has 0 radical (unpaired) electrons. The first-order valence-electron chi connectivity index (χ1n) is 6.42. The molecular weight excluding hydrogens is 250 g/mol. The zero-order valence-corrected chi connectivity index (χ0v) is 12.1. The first kappa shape index (κ1) is 15.1. The molecule has 1 aromatic rings. The van der Waals surface area contributed by atoms with Gasteiger partial charge in [0.1, 0.15) is 0 Å².